The predicted molar refractivity (Wildman–Crippen MR) is 96.9 cm³/mol. The quantitative estimate of drug-likeness (QED) is 0.798. The van der Waals surface area contributed by atoms with Gasteiger partial charge in [0.2, 0.25) is 0 Å². The van der Waals surface area contributed by atoms with Gasteiger partial charge in [-0.1, -0.05) is 43.9 Å². The average molecular weight is 341 g/mol. The Morgan fingerprint density at radius 2 is 1.88 bits per heavy atom. The number of hydrogen-bond donors (Lipinski definition) is 2. The maximum Gasteiger partial charge on any atom is 0.270 e. The molecule has 1 aromatic heterocycles. The lowest BCUT2D eigenvalue weighted by Crippen LogP contribution is -2.25. The zero-order valence-corrected chi connectivity index (χ0v) is 14.3. The second-order valence-corrected chi connectivity index (χ2v) is 6.54. The Morgan fingerprint density at radius 1 is 1.12 bits per heavy atom. The molecule has 0 atom stereocenters. The zero-order valence-electron chi connectivity index (χ0n) is 14.3. The van der Waals surface area contributed by atoms with Gasteiger partial charge in [-0.2, -0.15) is 0 Å². The van der Waals surface area contributed by atoms with E-state index in [0.29, 0.717) is 17.3 Å². The van der Waals surface area contributed by atoms with Gasteiger partial charge in [0, 0.05) is 30.0 Å². The number of rotatable bonds is 5. The number of nitrogens with one attached hydrogen (secondary N) is 2. The van der Waals surface area contributed by atoms with Gasteiger partial charge < -0.3 is 10.6 Å². The van der Waals surface area contributed by atoms with Gasteiger partial charge in [0.05, 0.1) is 0 Å². The van der Waals surface area contributed by atoms with Crippen molar-refractivity contribution in [3.8, 4) is 0 Å². The van der Waals surface area contributed by atoms with Crippen LogP contribution in [0.5, 0.6) is 0 Å². The third kappa shape index (κ3) is 5.02. The summed E-state index contributed by atoms with van der Waals surface area (Å²) >= 11 is 0. The third-order valence-corrected chi connectivity index (χ3v) is 4.62. The maximum absolute atomic E-state index is 13.6. The number of halogens is 1. The van der Waals surface area contributed by atoms with Gasteiger partial charge in [-0.05, 0) is 31.0 Å². The molecule has 0 aliphatic heterocycles. The lowest BCUT2D eigenvalue weighted by atomic mass is 10.1. The molecule has 1 heterocycles. The van der Waals surface area contributed by atoms with E-state index in [4.69, 9.17) is 0 Å². The van der Waals surface area contributed by atoms with Gasteiger partial charge in [-0.25, -0.2) is 4.39 Å². The van der Waals surface area contributed by atoms with Crippen LogP contribution in [0.4, 0.5) is 10.1 Å². The van der Waals surface area contributed by atoms with Crippen LogP contribution in [0, 0.1) is 5.82 Å². The molecule has 2 N–H and O–H groups in total. The molecule has 0 saturated heterocycles. The molecule has 0 radical (unpaired) electrons. The fourth-order valence-electron chi connectivity index (χ4n) is 3.21. The van der Waals surface area contributed by atoms with E-state index in [0.717, 1.165) is 18.5 Å². The standard InChI is InChI=1S/C20H24FN3O/c21-18-10-6-5-7-15(18)14-23-20(25)19-13-17(11-12-22-19)24-16-8-3-1-2-4-9-16/h5-7,10-13,16H,1-4,8-9,14H2,(H,22,24)(H,23,25). The van der Waals surface area contributed by atoms with Crippen molar-refractivity contribution in [2.75, 3.05) is 5.32 Å². The summed E-state index contributed by atoms with van der Waals surface area (Å²) in [5, 5.41) is 6.25. The fraction of sp³-hybridized carbons (Fsp3) is 0.400. The van der Waals surface area contributed by atoms with Crippen LogP contribution in [0.1, 0.15) is 54.6 Å². The molecule has 5 heteroatoms. The van der Waals surface area contributed by atoms with E-state index in [9.17, 15) is 9.18 Å². The first kappa shape index (κ1) is 17.4. The molecule has 25 heavy (non-hydrogen) atoms. The van der Waals surface area contributed by atoms with Crippen LogP contribution in [0.15, 0.2) is 42.6 Å². The number of carbonyl (C=O) groups excluding carboxylic acids is 1. The van der Waals surface area contributed by atoms with Gasteiger partial charge >= 0.3 is 0 Å². The van der Waals surface area contributed by atoms with Gasteiger partial charge in [-0.15, -0.1) is 0 Å². The molecule has 2 aromatic rings. The summed E-state index contributed by atoms with van der Waals surface area (Å²) < 4.78 is 13.6. The number of anilines is 1. The molecule has 0 bridgehead atoms. The molecule has 132 valence electrons. The highest BCUT2D eigenvalue weighted by atomic mass is 19.1. The van der Waals surface area contributed by atoms with E-state index in [1.165, 1.54) is 31.7 Å². The third-order valence-electron chi connectivity index (χ3n) is 4.62. The van der Waals surface area contributed by atoms with E-state index in [1.54, 1.807) is 30.5 Å². The van der Waals surface area contributed by atoms with Gasteiger partial charge in [-0.3, -0.25) is 9.78 Å². The first-order valence-electron chi connectivity index (χ1n) is 8.96. The Morgan fingerprint density at radius 3 is 2.64 bits per heavy atom. The summed E-state index contributed by atoms with van der Waals surface area (Å²) in [6.45, 7) is 0.146. The second kappa shape index (κ2) is 8.60. The molecule has 0 unspecified atom stereocenters. The lowest BCUT2D eigenvalue weighted by Gasteiger charge is -2.18. The number of nitrogens with zero attached hydrogens (tertiary/aromatic N) is 1. The van der Waals surface area contributed by atoms with E-state index >= 15 is 0 Å². The van der Waals surface area contributed by atoms with E-state index in [2.05, 4.69) is 15.6 Å². The van der Waals surface area contributed by atoms with Crippen LogP contribution in [0.3, 0.4) is 0 Å². The normalized spacial score (nSPS) is 15.4. The van der Waals surface area contributed by atoms with Crippen molar-refractivity contribution in [3.05, 3.63) is 59.7 Å². The van der Waals surface area contributed by atoms with Crippen molar-refractivity contribution in [1.29, 1.82) is 0 Å². The van der Waals surface area contributed by atoms with E-state index in [-0.39, 0.29) is 18.3 Å². The SMILES string of the molecule is O=C(NCc1ccccc1F)c1cc(NC2CCCCCC2)ccn1. The van der Waals surface area contributed by atoms with Crippen molar-refractivity contribution in [2.24, 2.45) is 0 Å². The number of benzene rings is 1. The molecule has 1 aromatic carbocycles. The number of aromatic nitrogens is 1. The van der Waals surface area contributed by atoms with Crippen LogP contribution in [-0.4, -0.2) is 16.9 Å². The summed E-state index contributed by atoms with van der Waals surface area (Å²) in [6, 6.07) is 10.5. The monoisotopic (exact) mass is 341 g/mol. The van der Waals surface area contributed by atoms with Crippen LogP contribution in [0.25, 0.3) is 0 Å². The van der Waals surface area contributed by atoms with Crippen molar-refractivity contribution in [2.45, 2.75) is 51.1 Å². The average Bonchev–Trinajstić information content (AvgIpc) is 2.90. The number of hydrogen-bond acceptors (Lipinski definition) is 3. The maximum atomic E-state index is 13.6. The highest BCUT2D eigenvalue weighted by Gasteiger charge is 2.14. The summed E-state index contributed by atoms with van der Waals surface area (Å²) in [6.07, 6.45) is 9.07. The first-order chi connectivity index (χ1) is 12.2. The summed E-state index contributed by atoms with van der Waals surface area (Å²) in [7, 11) is 0. The van der Waals surface area contributed by atoms with Crippen LogP contribution in [-0.2, 0) is 6.54 Å². The topological polar surface area (TPSA) is 54.0 Å². The second-order valence-electron chi connectivity index (χ2n) is 6.54. The molecule has 3 rings (SSSR count). The van der Waals surface area contributed by atoms with Gasteiger partial charge in [0.15, 0.2) is 0 Å². The fourth-order valence-corrected chi connectivity index (χ4v) is 3.21. The minimum atomic E-state index is -0.320. The molecule has 1 aliphatic rings. The van der Waals surface area contributed by atoms with Crippen LogP contribution < -0.4 is 10.6 Å². The highest BCUT2D eigenvalue weighted by molar-refractivity contribution is 5.93. The number of amides is 1. The smallest absolute Gasteiger partial charge is 0.270 e. The Hall–Kier alpha value is -2.43. The van der Waals surface area contributed by atoms with E-state index in [1.807, 2.05) is 6.07 Å². The molecule has 1 amide bonds. The largest absolute Gasteiger partial charge is 0.382 e. The molecule has 1 fully saturated rings. The number of pyridine rings is 1. The molecule has 1 aliphatic carbocycles. The van der Waals surface area contributed by atoms with Crippen LogP contribution in [0.2, 0.25) is 0 Å². The molecule has 1 saturated carbocycles. The highest BCUT2D eigenvalue weighted by Crippen LogP contribution is 2.21. The summed E-state index contributed by atoms with van der Waals surface area (Å²) in [5.41, 5.74) is 1.72. The van der Waals surface area contributed by atoms with Gasteiger partial charge in [0.25, 0.3) is 5.91 Å². The van der Waals surface area contributed by atoms with Gasteiger partial charge in [0.1, 0.15) is 11.5 Å². The predicted octanol–water partition coefficient (Wildman–Crippen LogP) is 4.29. The van der Waals surface area contributed by atoms with Crippen molar-refractivity contribution >= 4 is 11.6 Å². The first-order valence-corrected chi connectivity index (χ1v) is 8.96. The van der Waals surface area contributed by atoms with Crippen molar-refractivity contribution < 1.29 is 9.18 Å². The summed E-state index contributed by atoms with van der Waals surface area (Å²) in [5.74, 6) is -0.618. The van der Waals surface area contributed by atoms with Crippen molar-refractivity contribution in [1.82, 2.24) is 10.3 Å². The summed E-state index contributed by atoms with van der Waals surface area (Å²) in [4.78, 5) is 16.4. The Bertz CT molecular complexity index is 712. The van der Waals surface area contributed by atoms with E-state index < -0.39 is 0 Å². The lowest BCUT2D eigenvalue weighted by molar-refractivity contribution is 0.0945. The number of carbonyl (C=O) groups is 1. The zero-order chi connectivity index (χ0) is 17.5. The molecule has 4 nitrogen and oxygen atoms in total. The van der Waals surface area contributed by atoms with Crippen LogP contribution >= 0.6 is 0 Å². The Labute approximate surface area is 147 Å². The molecular formula is C20H24FN3O. The Balaban J connectivity index is 1.60. The van der Waals surface area contributed by atoms with Crippen molar-refractivity contribution in [3.63, 3.8) is 0 Å². The molecule has 0 spiro atoms. The Kier molecular flexibility index (Phi) is 5.99. The minimum absolute atomic E-state index is 0.146. The molecular weight excluding hydrogens is 317 g/mol. The minimum Gasteiger partial charge on any atom is -0.382 e.